The molecule has 1 aromatic rings. The Labute approximate surface area is 107 Å². The fourth-order valence-electron chi connectivity index (χ4n) is 2.03. The summed E-state index contributed by atoms with van der Waals surface area (Å²) in [4.78, 5) is 0. The Balaban J connectivity index is 2.46. The lowest BCUT2D eigenvalue weighted by molar-refractivity contribution is 0.413. The predicted molar refractivity (Wildman–Crippen MR) is 69.9 cm³/mol. The van der Waals surface area contributed by atoms with Crippen LogP contribution in [0.25, 0.3) is 0 Å². The summed E-state index contributed by atoms with van der Waals surface area (Å²) in [5.74, 6) is 0.534. The van der Waals surface area contributed by atoms with Gasteiger partial charge in [-0.1, -0.05) is 12.1 Å². The van der Waals surface area contributed by atoms with Gasteiger partial charge in [0.05, 0.1) is 25.4 Å². The minimum atomic E-state index is -3.51. The van der Waals surface area contributed by atoms with Gasteiger partial charge in [-0.25, -0.2) is 0 Å². The molecule has 0 bridgehead atoms. The second-order valence-corrected chi connectivity index (χ2v) is 6.03. The molecule has 2 rings (SSSR count). The second-order valence-electron chi connectivity index (χ2n) is 4.12. The largest absolute Gasteiger partial charge is 0.495 e. The zero-order chi connectivity index (χ0) is 13.3. The first-order valence-corrected chi connectivity index (χ1v) is 7.01. The highest BCUT2D eigenvalue weighted by Crippen LogP contribution is 2.34. The Morgan fingerprint density at radius 1 is 1.44 bits per heavy atom. The SMILES string of the molecule is COc1ccccc1N1CC(CN)N(C)S1(=O)=O. The summed E-state index contributed by atoms with van der Waals surface area (Å²) < 4.78 is 32.4. The molecule has 18 heavy (non-hydrogen) atoms. The molecule has 0 aromatic heterocycles. The molecule has 1 aromatic carbocycles. The average molecular weight is 271 g/mol. The molecule has 0 radical (unpaired) electrons. The molecule has 0 spiro atoms. The third kappa shape index (κ3) is 1.94. The summed E-state index contributed by atoms with van der Waals surface area (Å²) in [5, 5.41) is 0. The van der Waals surface area contributed by atoms with Crippen LogP contribution in [0.2, 0.25) is 0 Å². The molecule has 1 aliphatic heterocycles. The molecule has 0 saturated carbocycles. The molecule has 1 aliphatic rings. The number of rotatable bonds is 3. The molecule has 0 amide bonds. The summed E-state index contributed by atoms with van der Waals surface area (Å²) in [6.07, 6.45) is 0. The molecule has 6 nitrogen and oxygen atoms in total. The predicted octanol–water partition coefficient (Wildman–Crippen LogP) is 0.0191. The lowest BCUT2D eigenvalue weighted by Crippen LogP contribution is -2.36. The minimum absolute atomic E-state index is 0.208. The van der Waals surface area contributed by atoms with Crippen LogP contribution in [0.15, 0.2) is 24.3 Å². The number of anilines is 1. The standard InChI is InChI=1S/C11H17N3O3S/c1-13-9(7-12)8-14(18(13,15)16)10-5-3-4-6-11(10)17-2/h3-6,9H,7-8,12H2,1-2H3. The molecule has 1 unspecified atom stereocenters. The Morgan fingerprint density at radius 3 is 2.67 bits per heavy atom. The third-order valence-electron chi connectivity index (χ3n) is 3.16. The van der Waals surface area contributed by atoms with Crippen LogP contribution in [0.3, 0.4) is 0 Å². The Bertz CT molecular complexity index is 532. The van der Waals surface area contributed by atoms with E-state index in [1.807, 2.05) is 0 Å². The third-order valence-corrected chi connectivity index (χ3v) is 5.09. The molecular weight excluding hydrogens is 254 g/mol. The molecule has 0 aliphatic carbocycles. The van der Waals surface area contributed by atoms with E-state index in [1.165, 1.54) is 15.7 Å². The number of nitrogens with two attached hydrogens (primary N) is 1. The van der Waals surface area contributed by atoms with Crippen molar-refractivity contribution in [2.75, 3.05) is 31.6 Å². The summed E-state index contributed by atoms with van der Waals surface area (Å²) >= 11 is 0. The Morgan fingerprint density at radius 2 is 2.11 bits per heavy atom. The first-order chi connectivity index (χ1) is 8.52. The first-order valence-electron chi connectivity index (χ1n) is 5.61. The maximum absolute atomic E-state index is 12.3. The van der Waals surface area contributed by atoms with Crippen LogP contribution >= 0.6 is 0 Å². The van der Waals surface area contributed by atoms with Crippen LogP contribution < -0.4 is 14.8 Å². The highest BCUT2D eigenvalue weighted by molar-refractivity contribution is 7.90. The van der Waals surface area contributed by atoms with E-state index in [9.17, 15) is 8.42 Å². The van der Waals surface area contributed by atoms with Gasteiger partial charge >= 0.3 is 10.2 Å². The molecule has 100 valence electrons. The fraction of sp³-hybridized carbons (Fsp3) is 0.455. The van der Waals surface area contributed by atoms with Crippen LogP contribution in [0.1, 0.15) is 0 Å². The smallest absolute Gasteiger partial charge is 0.304 e. The first kappa shape index (κ1) is 13.1. The van der Waals surface area contributed by atoms with Crippen molar-refractivity contribution >= 4 is 15.9 Å². The number of methoxy groups -OCH3 is 1. The minimum Gasteiger partial charge on any atom is -0.495 e. The van der Waals surface area contributed by atoms with Crippen molar-refractivity contribution in [2.45, 2.75) is 6.04 Å². The van der Waals surface area contributed by atoms with Gasteiger partial charge in [-0.15, -0.1) is 0 Å². The maximum Gasteiger partial charge on any atom is 0.304 e. The van der Waals surface area contributed by atoms with Gasteiger partial charge in [0, 0.05) is 13.6 Å². The van der Waals surface area contributed by atoms with Gasteiger partial charge in [0.25, 0.3) is 0 Å². The number of likely N-dealkylation sites (N-methyl/N-ethyl adjacent to an activating group) is 1. The summed E-state index contributed by atoms with van der Waals surface area (Å²) in [5.41, 5.74) is 6.14. The number of hydrogen-bond donors (Lipinski definition) is 1. The van der Waals surface area contributed by atoms with Crippen molar-refractivity contribution in [1.29, 1.82) is 0 Å². The second kappa shape index (κ2) is 4.75. The van der Waals surface area contributed by atoms with Crippen molar-refractivity contribution in [3.05, 3.63) is 24.3 Å². The molecule has 1 heterocycles. The topological polar surface area (TPSA) is 75.9 Å². The van der Waals surface area contributed by atoms with E-state index in [0.29, 0.717) is 24.5 Å². The zero-order valence-corrected chi connectivity index (χ0v) is 11.2. The highest BCUT2D eigenvalue weighted by Gasteiger charge is 2.41. The van der Waals surface area contributed by atoms with E-state index in [4.69, 9.17) is 10.5 Å². The summed E-state index contributed by atoms with van der Waals surface area (Å²) in [6.45, 7) is 0.636. The van der Waals surface area contributed by atoms with Gasteiger partial charge in [0.2, 0.25) is 0 Å². The van der Waals surface area contributed by atoms with Crippen LogP contribution in [-0.2, 0) is 10.2 Å². The molecule has 1 fully saturated rings. The van der Waals surface area contributed by atoms with Crippen LogP contribution in [-0.4, -0.2) is 46.0 Å². The molecular formula is C11H17N3O3S. The summed E-state index contributed by atoms with van der Waals surface area (Å²) in [7, 11) is -0.443. The van der Waals surface area contributed by atoms with Gasteiger partial charge in [0.1, 0.15) is 5.75 Å². The highest BCUT2D eigenvalue weighted by atomic mass is 32.2. The molecule has 1 atom stereocenters. The van der Waals surface area contributed by atoms with E-state index in [2.05, 4.69) is 0 Å². The van der Waals surface area contributed by atoms with Gasteiger partial charge < -0.3 is 10.5 Å². The molecule has 2 N–H and O–H groups in total. The number of hydrogen-bond acceptors (Lipinski definition) is 4. The van der Waals surface area contributed by atoms with Gasteiger partial charge in [-0.2, -0.15) is 12.7 Å². The number of para-hydroxylation sites is 2. The fourth-order valence-corrected chi connectivity index (χ4v) is 3.63. The van der Waals surface area contributed by atoms with E-state index in [1.54, 1.807) is 31.3 Å². The van der Waals surface area contributed by atoms with Gasteiger partial charge in [-0.3, -0.25) is 4.31 Å². The average Bonchev–Trinajstić information content (AvgIpc) is 2.61. The Kier molecular flexibility index (Phi) is 3.47. The van der Waals surface area contributed by atoms with E-state index >= 15 is 0 Å². The molecule has 7 heteroatoms. The van der Waals surface area contributed by atoms with E-state index in [-0.39, 0.29) is 6.04 Å². The monoisotopic (exact) mass is 271 g/mol. The van der Waals surface area contributed by atoms with Crippen molar-refractivity contribution in [3.63, 3.8) is 0 Å². The lowest BCUT2D eigenvalue weighted by atomic mass is 10.2. The van der Waals surface area contributed by atoms with E-state index in [0.717, 1.165) is 0 Å². The Hall–Kier alpha value is -1.31. The van der Waals surface area contributed by atoms with Crippen molar-refractivity contribution in [3.8, 4) is 5.75 Å². The van der Waals surface area contributed by atoms with E-state index < -0.39 is 10.2 Å². The zero-order valence-electron chi connectivity index (χ0n) is 10.4. The van der Waals surface area contributed by atoms with Crippen LogP contribution in [0.4, 0.5) is 5.69 Å². The normalized spacial score (nSPS) is 23.3. The van der Waals surface area contributed by atoms with Crippen molar-refractivity contribution in [2.24, 2.45) is 5.73 Å². The van der Waals surface area contributed by atoms with Crippen LogP contribution in [0, 0.1) is 0 Å². The van der Waals surface area contributed by atoms with Crippen LogP contribution in [0.5, 0.6) is 5.75 Å². The van der Waals surface area contributed by atoms with Gasteiger partial charge in [0.15, 0.2) is 0 Å². The van der Waals surface area contributed by atoms with Crippen molar-refractivity contribution < 1.29 is 13.2 Å². The number of benzene rings is 1. The maximum atomic E-state index is 12.3. The summed E-state index contributed by atoms with van der Waals surface area (Å²) in [6, 6.07) is 6.84. The number of ether oxygens (including phenoxy) is 1. The molecule has 1 saturated heterocycles. The lowest BCUT2D eigenvalue weighted by Gasteiger charge is -2.20. The van der Waals surface area contributed by atoms with Crippen molar-refractivity contribution in [1.82, 2.24) is 4.31 Å². The quantitative estimate of drug-likeness (QED) is 0.841. The van der Waals surface area contributed by atoms with Gasteiger partial charge in [-0.05, 0) is 12.1 Å². The number of nitrogens with zero attached hydrogens (tertiary/aromatic N) is 2.